The first kappa shape index (κ1) is 12.6. The molecule has 0 amide bonds. The second kappa shape index (κ2) is 4.44. The summed E-state index contributed by atoms with van der Waals surface area (Å²) >= 11 is 5.78. The molecule has 0 aromatic heterocycles. The van der Waals surface area contributed by atoms with Gasteiger partial charge in [-0.1, -0.05) is 6.92 Å². The highest BCUT2D eigenvalue weighted by molar-refractivity contribution is 7.87. The van der Waals surface area contributed by atoms with Gasteiger partial charge < -0.3 is 0 Å². The van der Waals surface area contributed by atoms with Crippen molar-refractivity contribution in [3.05, 3.63) is 0 Å². The fourth-order valence-corrected chi connectivity index (χ4v) is 4.30. The molecule has 1 aliphatic heterocycles. The maximum atomic E-state index is 12.1. The van der Waals surface area contributed by atoms with Crippen molar-refractivity contribution in [3.63, 3.8) is 0 Å². The van der Waals surface area contributed by atoms with Crippen LogP contribution in [0.3, 0.4) is 0 Å². The largest absolute Gasteiger partial charge is 0.280 e. The number of nitrogens with one attached hydrogen (secondary N) is 1. The van der Waals surface area contributed by atoms with E-state index >= 15 is 0 Å². The topological polar surface area (TPSA) is 49.4 Å². The Morgan fingerprint density at radius 2 is 2.19 bits per heavy atom. The van der Waals surface area contributed by atoms with E-state index in [-0.39, 0.29) is 5.54 Å². The van der Waals surface area contributed by atoms with E-state index in [1.165, 1.54) is 0 Å². The third-order valence-corrected chi connectivity index (χ3v) is 5.63. The van der Waals surface area contributed by atoms with Crippen LogP contribution in [0, 0.1) is 5.92 Å². The van der Waals surface area contributed by atoms with E-state index in [1.807, 2.05) is 0 Å². The number of halogens is 1. The summed E-state index contributed by atoms with van der Waals surface area (Å²) in [5.74, 6) is 0.826. The molecule has 2 aliphatic rings. The number of rotatable bonds is 4. The molecule has 1 unspecified atom stereocenters. The van der Waals surface area contributed by atoms with Crippen molar-refractivity contribution in [1.82, 2.24) is 9.03 Å². The van der Waals surface area contributed by atoms with Gasteiger partial charge in [0.05, 0.1) is 0 Å². The van der Waals surface area contributed by atoms with Crippen LogP contribution >= 0.6 is 11.6 Å². The van der Waals surface area contributed by atoms with Gasteiger partial charge in [0, 0.05) is 24.5 Å². The van der Waals surface area contributed by atoms with E-state index in [2.05, 4.69) is 11.6 Å². The molecule has 1 saturated heterocycles. The highest BCUT2D eigenvalue weighted by atomic mass is 35.5. The highest BCUT2D eigenvalue weighted by Crippen LogP contribution is 2.37. The number of piperidine rings is 1. The minimum atomic E-state index is -3.32. The second-order valence-corrected chi connectivity index (χ2v) is 7.06. The highest BCUT2D eigenvalue weighted by Gasteiger charge is 2.46. The van der Waals surface area contributed by atoms with Crippen molar-refractivity contribution >= 4 is 21.8 Å². The molecular weight excluding hydrogens is 248 g/mol. The van der Waals surface area contributed by atoms with E-state index in [9.17, 15) is 8.42 Å². The van der Waals surface area contributed by atoms with Gasteiger partial charge in [0.1, 0.15) is 0 Å². The average Bonchev–Trinajstić information content (AvgIpc) is 2.98. The van der Waals surface area contributed by atoms with Crippen LogP contribution in [0.25, 0.3) is 0 Å². The molecule has 0 aromatic carbocycles. The van der Waals surface area contributed by atoms with Crippen LogP contribution in [0.4, 0.5) is 0 Å². The van der Waals surface area contributed by atoms with Gasteiger partial charge in [-0.3, -0.25) is 0 Å². The van der Waals surface area contributed by atoms with E-state index in [0.717, 1.165) is 25.7 Å². The molecule has 0 bridgehead atoms. The van der Waals surface area contributed by atoms with Crippen molar-refractivity contribution in [2.45, 2.75) is 38.1 Å². The molecule has 1 N–H and O–H groups in total. The fourth-order valence-electron chi connectivity index (χ4n) is 2.12. The van der Waals surface area contributed by atoms with Gasteiger partial charge in [-0.15, -0.1) is 11.6 Å². The summed E-state index contributed by atoms with van der Waals surface area (Å²) in [5.41, 5.74) is -0.346. The molecule has 0 radical (unpaired) electrons. The summed E-state index contributed by atoms with van der Waals surface area (Å²) in [5, 5.41) is 0. The summed E-state index contributed by atoms with van der Waals surface area (Å²) in [6.07, 6.45) is 3.79. The van der Waals surface area contributed by atoms with Gasteiger partial charge in [0.2, 0.25) is 0 Å². The normalized spacial score (nSPS) is 30.2. The maximum Gasteiger partial charge on any atom is 0.280 e. The lowest BCUT2D eigenvalue weighted by molar-refractivity contribution is 0.276. The average molecular weight is 267 g/mol. The molecule has 4 nitrogen and oxygen atoms in total. The van der Waals surface area contributed by atoms with Gasteiger partial charge in [-0.25, -0.2) is 0 Å². The standard InChI is InChI=1S/C10H19ClN2O2S/c1-9-3-2-6-13(7-9)16(14,15)12-10(8-11)4-5-10/h9,12H,2-8H2,1H3. The predicted molar refractivity (Wildman–Crippen MR) is 64.7 cm³/mol. The summed E-state index contributed by atoms with van der Waals surface area (Å²) < 4.78 is 28.5. The summed E-state index contributed by atoms with van der Waals surface area (Å²) in [4.78, 5) is 0. The molecule has 1 saturated carbocycles. The molecular formula is C10H19ClN2O2S. The Balaban J connectivity index is 2.01. The van der Waals surface area contributed by atoms with E-state index < -0.39 is 10.2 Å². The van der Waals surface area contributed by atoms with Crippen molar-refractivity contribution in [1.29, 1.82) is 0 Å². The zero-order valence-corrected chi connectivity index (χ0v) is 11.1. The van der Waals surface area contributed by atoms with E-state index in [1.54, 1.807) is 4.31 Å². The lowest BCUT2D eigenvalue weighted by Gasteiger charge is -2.31. The number of hydrogen-bond acceptors (Lipinski definition) is 2. The Morgan fingerprint density at radius 3 is 2.69 bits per heavy atom. The molecule has 94 valence electrons. The van der Waals surface area contributed by atoms with Crippen LogP contribution in [0.5, 0.6) is 0 Å². The van der Waals surface area contributed by atoms with Gasteiger partial charge in [0.15, 0.2) is 0 Å². The second-order valence-electron chi connectivity index (χ2n) is 5.13. The van der Waals surface area contributed by atoms with Gasteiger partial charge in [-0.05, 0) is 31.6 Å². The minimum absolute atomic E-state index is 0.346. The first-order chi connectivity index (χ1) is 7.47. The predicted octanol–water partition coefficient (Wildman–Crippen LogP) is 1.32. The first-order valence-corrected chi connectivity index (χ1v) is 7.80. The third kappa shape index (κ3) is 2.70. The zero-order chi connectivity index (χ0) is 11.8. The van der Waals surface area contributed by atoms with Crippen molar-refractivity contribution in [2.75, 3.05) is 19.0 Å². The Bertz CT molecular complexity index is 354. The van der Waals surface area contributed by atoms with Crippen LogP contribution in [-0.2, 0) is 10.2 Å². The van der Waals surface area contributed by atoms with Crippen LogP contribution in [-0.4, -0.2) is 37.2 Å². The quantitative estimate of drug-likeness (QED) is 0.781. The van der Waals surface area contributed by atoms with Crippen molar-refractivity contribution < 1.29 is 8.42 Å². The summed E-state index contributed by atoms with van der Waals surface area (Å²) in [6.45, 7) is 3.36. The van der Waals surface area contributed by atoms with Crippen molar-refractivity contribution in [3.8, 4) is 0 Å². The lowest BCUT2D eigenvalue weighted by Crippen LogP contribution is -2.50. The number of nitrogens with zero attached hydrogens (tertiary/aromatic N) is 1. The molecule has 16 heavy (non-hydrogen) atoms. The molecule has 1 atom stereocenters. The monoisotopic (exact) mass is 266 g/mol. The summed E-state index contributed by atoms with van der Waals surface area (Å²) in [6, 6.07) is 0. The van der Waals surface area contributed by atoms with Gasteiger partial charge in [0.25, 0.3) is 10.2 Å². The van der Waals surface area contributed by atoms with Gasteiger partial charge in [-0.2, -0.15) is 17.4 Å². The van der Waals surface area contributed by atoms with E-state index in [4.69, 9.17) is 11.6 Å². The molecule has 6 heteroatoms. The van der Waals surface area contributed by atoms with E-state index in [0.29, 0.717) is 24.9 Å². The summed E-state index contributed by atoms with van der Waals surface area (Å²) in [7, 11) is -3.32. The fraction of sp³-hybridized carbons (Fsp3) is 1.00. The molecule has 0 aromatic rings. The van der Waals surface area contributed by atoms with Crippen LogP contribution in [0.1, 0.15) is 32.6 Å². The molecule has 0 spiro atoms. The minimum Gasteiger partial charge on any atom is -0.195 e. The zero-order valence-electron chi connectivity index (χ0n) is 9.58. The Labute approximate surface area is 103 Å². The SMILES string of the molecule is CC1CCCN(S(=O)(=O)NC2(CCl)CC2)C1. The van der Waals surface area contributed by atoms with Gasteiger partial charge >= 0.3 is 0 Å². The molecule has 2 rings (SSSR count). The number of hydrogen-bond donors (Lipinski definition) is 1. The van der Waals surface area contributed by atoms with Crippen LogP contribution < -0.4 is 4.72 Å². The first-order valence-electron chi connectivity index (χ1n) is 5.82. The van der Waals surface area contributed by atoms with Crippen molar-refractivity contribution in [2.24, 2.45) is 5.92 Å². The molecule has 2 fully saturated rings. The number of alkyl halides is 1. The van der Waals surface area contributed by atoms with Crippen LogP contribution in [0.2, 0.25) is 0 Å². The Kier molecular flexibility index (Phi) is 3.50. The Morgan fingerprint density at radius 1 is 1.50 bits per heavy atom. The maximum absolute atomic E-state index is 12.1. The lowest BCUT2D eigenvalue weighted by atomic mass is 10.0. The molecule has 1 heterocycles. The third-order valence-electron chi connectivity index (χ3n) is 3.41. The Hall–Kier alpha value is 0.160. The van der Waals surface area contributed by atoms with Crippen LogP contribution in [0.15, 0.2) is 0 Å². The molecule has 1 aliphatic carbocycles. The smallest absolute Gasteiger partial charge is 0.195 e.